The third kappa shape index (κ3) is 3.38. The van der Waals surface area contributed by atoms with Crippen LogP contribution < -0.4 is 5.32 Å². The summed E-state index contributed by atoms with van der Waals surface area (Å²) in [5.74, 6) is 0.537. The Hall–Kier alpha value is -1.92. The second-order valence-corrected chi connectivity index (χ2v) is 6.02. The monoisotopic (exact) mass is 317 g/mol. The molecule has 0 spiro atoms. The highest BCUT2D eigenvalue weighted by molar-refractivity contribution is 5.92. The van der Waals surface area contributed by atoms with Crippen molar-refractivity contribution in [1.29, 1.82) is 0 Å². The van der Waals surface area contributed by atoms with Gasteiger partial charge in [0, 0.05) is 32.7 Å². The minimum atomic E-state index is -0.905. The number of carbonyl (C=O) groups is 1. The van der Waals surface area contributed by atoms with Crippen molar-refractivity contribution in [1.82, 2.24) is 14.9 Å². The molecule has 1 aromatic carbocycles. The summed E-state index contributed by atoms with van der Waals surface area (Å²) in [7, 11) is 1.69. The van der Waals surface area contributed by atoms with E-state index in [2.05, 4.69) is 9.88 Å². The summed E-state index contributed by atoms with van der Waals surface area (Å²) >= 11 is 0. The topological polar surface area (TPSA) is 76.4 Å². The van der Waals surface area contributed by atoms with Crippen LogP contribution in [0.4, 0.5) is 0 Å². The highest BCUT2D eigenvalue weighted by Crippen LogP contribution is 2.27. The quantitative estimate of drug-likeness (QED) is 0.799. The van der Waals surface area contributed by atoms with E-state index in [9.17, 15) is 9.90 Å². The van der Waals surface area contributed by atoms with E-state index in [0.717, 1.165) is 55.8 Å². The van der Waals surface area contributed by atoms with E-state index in [1.165, 1.54) is 0 Å². The van der Waals surface area contributed by atoms with Crippen LogP contribution >= 0.6 is 0 Å². The highest BCUT2D eigenvalue weighted by atomic mass is 16.5. The lowest BCUT2D eigenvalue weighted by Crippen LogP contribution is -2.30. The van der Waals surface area contributed by atoms with Crippen LogP contribution in [0.25, 0.3) is 11.0 Å². The Morgan fingerprint density at radius 3 is 3.09 bits per heavy atom. The van der Waals surface area contributed by atoms with Crippen molar-refractivity contribution in [3.63, 3.8) is 0 Å². The van der Waals surface area contributed by atoms with Crippen molar-refractivity contribution < 1.29 is 14.6 Å². The fourth-order valence-electron chi connectivity index (χ4n) is 3.26. The zero-order valence-electron chi connectivity index (χ0n) is 13.4. The molecular weight excluding hydrogens is 294 g/mol. The number of nitrogens with zero attached hydrogens (tertiary/aromatic N) is 2. The van der Waals surface area contributed by atoms with Crippen molar-refractivity contribution in [3.8, 4) is 0 Å². The first-order valence-corrected chi connectivity index (χ1v) is 8.14. The number of fused-ring (bicyclic) bond motifs is 1. The highest BCUT2D eigenvalue weighted by Gasteiger charge is 2.22. The molecule has 1 unspecified atom stereocenters. The Balaban J connectivity index is 2.02. The first-order valence-electron chi connectivity index (χ1n) is 8.14. The number of aromatic nitrogens is 2. The minimum absolute atomic E-state index is 0.304. The number of hydrogen-bond donors (Lipinski definition) is 2. The van der Waals surface area contributed by atoms with Crippen LogP contribution in [0.5, 0.6) is 0 Å². The van der Waals surface area contributed by atoms with Gasteiger partial charge in [0.2, 0.25) is 0 Å². The van der Waals surface area contributed by atoms with E-state index in [-0.39, 0.29) is 0 Å². The van der Waals surface area contributed by atoms with Crippen LogP contribution in [0.3, 0.4) is 0 Å². The van der Waals surface area contributed by atoms with Gasteiger partial charge in [0.05, 0.1) is 16.6 Å². The Morgan fingerprint density at radius 2 is 2.39 bits per heavy atom. The lowest BCUT2D eigenvalue weighted by molar-refractivity contribution is 0.0697. The molecule has 3 rings (SSSR count). The second kappa shape index (κ2) is 7.10. The molecule has 6 nitrogen and oxygen atoms in total. The zero-order valence-corrected chi connectivity index (χ0v) is 13.4. The average molecular weight is 317 g/mol. The molecule has 23 heavy (non-hydrogen) atoms. The van der Waals surface area contributed by atoms with Crippen LogP contribution in [0.1, 0.15) is 41.4 Å². The van der Waals surface area contributed by atoms with Gasteiger partial charge in [-0.05, 0) is 44.0 Å². The summed E-state index contributed by atoms with van der Waals surface area (Å²) in [4.78, 5) is 16.1. The number of benzene rings is 1. The SMILES string of the molecule is COCCCn1c(C2CCCNC2)nc2ccc(C(=O)O)cc21. The number of piperidine rings is 1. The van der Waals surface area contributed by atoms with E-state index in [1.54, 1.807) is 19.2 Å². The van der Waals surface area contributed by atoms with Crippen molar-refractivity contribution in [2.75, 3.05) is 26.8 Å². The van der Waals surface area contributed by atoms with Gasteiger partial charge in [0.1, 0.15) is 5.82 Å². The van der Waals surface area contributed by atoms with Gasteiger partial charge in [-0.3, -0.25) is 0 Å². The average Bonchev–Trinajstić information content (AvgIpc) is 2.94. The van der Waals surface area contributed by atoms with E-state index < -0.39 is 5.97 Å². The first-order chi connectivity index (χ1) is 11.2. The van der Waals surface area contributed by atoms with Crippen LogP contribution in [-0.2, 0) is 11.3 Å². The summed E-state index contributed by atoms with van der Waals surface area (Å²) in [5.41, 5.74) is 2.08. The predicted molar refractivity (Wildman–Crippen MR) is 88.0 cm³/mol. The largest absolute Gasteiger partial charge is 0.478 e. The van der Waals surface area contributed by atoms with Crippen molar-refractivity contribution in [3.05, 3.63) is 29.6 Å². The lowest BCUT2D eigenvalue weighted by atomic mass is 9.99. The number of nitrogens with one attached hydrogen (secondary N) is 1. The molecule has 0 radical (unpaired) electrons. The molecule has 2 N–H and O–H groups in total. The molecule has 0 saturated carbocycles. The van der Waals surface area contributed by atoms with Crippen LogP contribution in [0, 0.1) is 0 Å². The number of ether oxygens (including phenoxy) is 1. The maximum Gasteiger partial charge on any atom is 0.335 e. The summed E-state index contributed by atoms with van der Waals surface area (Å²) in [6.07, 6.45) is 3.14. The maximum absolute atomic E-state index is 11.3. The first kappa shape index (κ1) is 16.0. The van der Waals surface area contributed by atoms with E-state index in [0.29, 0.717) is 18.1 Å². The normalized spacial score (nSPS) is 18.4. The standard InChI is InChI=1S/C17H23N3O3/c1-23-9-3-8-20-15-10-12(17(21)22)5-6-14(15)19-16(20)13-4-2-7-18-11-13/h5-6,10,13,18H,2-4,7-9,11H2,1H3,(H,21,22). The van der Waals surface area contributed by atoms with Gasteiger partial charge in [-0.1, -0.05) is 0 Å². The molecule has 1 fully saturated rings. The third-order valence-corrected chi connectivity index (χ3v) is 4.42. The van der Waals surface area contributed by atoms with Gasteiger partial charge < -0.3 is 19.7 Å². The molecule has 1 atom stereocenters. The molecule has 2 heterocycles. The van der Waals surface area contributed by atoms with Crippen molar-refractivity contribution >= 4 is 17.0 Å². The van der Waals surface area contributed by atoms with Crippen molar-refractivity contribution in [2.45, 2.75) is 31.7 Å². The van der Waals surface area contributed by atoms with Gasteiger partial charge in [0.15, 0.2) is 0 Å². The number of imidazole rings is 1. The molecule has 0 bridgehead atoms. The molecule has 1 aromatic heterocycles. The van der Waals surface area contributed by atoms with Gasteiger partial charge in [-0.25, -0.2) is 9.78 Å². The van der Waals surface area contributed by atoms with Gasteiger partial charge in [0.25, 0.3) is 0 Å². The summed E-state index contributed by atoms with van der Waals surface area (Å²) < 4.78 is 7.34. The van der Waals surface area contributed by atoms with Gasteiger partial charge in [-0.2, -0.15) is 0 Å². The number of hydrogen-bond acceptors (Lipinski definition) is 4. The molecule has 2 aromatic rings. The maximum atomic E-state index is 11.3. The number of carboxylic acid groups (broad SMARTS) is 1. The number of rotatable bonds is 6. The van der Waals surface area contributed by atoms with Crippen LogP contribution in [0.15, 0.2) is 18.2 Å². The zero-order chi connectivity index (χ0) is 16.2. The Labute approximate surface area is 135 Å². The van der Waals surface area contributed by atoms with E-state index >= 15 is 0 Å². The van der Waals surface area contributed by atoms with Crippen molar-refractivity contribution in [2.24, 2.45) is 0 Å². The van der Waals surface area contributed by atoms with Crippen LogP contribution in [-0.4, -0.2) is 47.4 Å². The molecule has 0 amide bonds. The lowest BCUT2D eigenvalue weighted by Gasteiger charge is -2.23. The number of aryl methyl sites for hydroxylation is 1. The van der Waals surface area contributed by atoms with E-state index in [1.807, 2.05) is 6.07 Å². The summed E-state index contributed by atoms with van der Waals surface area (Å²) in [5, 5.41) is 12.7. The third-order valence-electron chi connectivity index (χ3n) is 4.42. The molecule has 1 aliphatic heterocycles. The molecule has 1 aliphatic rings. The molecule has 124 valence electrons. The second-order valence-electron chi connectivity index (χ2n) is 6.02. The number of carboxylic acids is 1. The molecule has 0 aliphatic carbocycles. The molecular formula is C17H23N3O3. The smallest absolute Gasteiger partial charge is 0.335 e. The van der Waals surface area contributed by atoms with Gasteiger partial charge >= 0.3 is 5.97 Å². The predicted octanol–water partition coefficient (Wildman–Crippen LogP) is 2.24. The van der Waals surface area contributed by atoms with Gasteiger partial charge in [-0.15, -0.1) is 0 Å². The molecule has 1 saturated heterocycles. The van der Waals surface area contributed by atoms with Crippen LogP contribution in [0.2, 0.25) is 0 Å². The number of methoxy groups -OCH3 is 1. The fourth-order valence-corrected chi connectivity index (χ4v) is 3.26. The Bertz CT molecular complexity index is 690. The molecule has 6 heteroatoms. The fraction of sp³-hybridized carbons (Fsp3) is 0.529. The Kier molecular flexibility index (Phi) is 4.93. The number of aromatic carboxylic acids is 1. The summed E-state index contributed by atoms with van der Waals surface area (Å²) in [6.45, 7) is 3.46. The minimum Gasteiger partial charge on any atom is -0.478 e. The van der Waals surface area contributed by atoms with E-state index in [4.69, 9.17) is 9.72 Å². The summed E-state index contributed by atoms with van der Waals surface area (Å²) in [6, 6.07) is 5.17. The Morgan fingerprint density at radius 1 is 1.52 bits per heavy atom.